The van der Waals surface area contributed by atoms with Gasteiger partial charge in [-0.25, -0.2) is 0 Å². The molecule has 0 aromatic carbocycles. The second kappa shape index (κ2) is 3.40. The summed E-state index contributed by atoms with van der Waals surface area (Å²) in [5.74, 6) is 0. The Morgan fingerprint density at radius 3 is 3.31 bits per heavy atom. The third kappa shape index (κ3) is 1.52. The van der Waals surface area contributed by atoms with E-state index in [0.29, 0.717) is 6.42 Å². The molecule has 1 aliphatic heterocycles. The Labute approximate surface area is 82.2 Å². The van der Waals surface area contributed by atoms with E-state index >= 15 is 0 Å². The van der Waals surface area contributed by atoms with Crippen LogP contribution in [0.1, 0.15) is 23.8 Å². The van der Waals surface area contributed by atoms with Crippen LogP contribution in [0.2, 0.25) is 0 Å². The molecule has 2 heterocycles. The first-order valence-corrected chi connectivity index (χ1v) is 5.46. The summed E-state index contributed by atoms with van der Waals surface area (Å²) in [6, 6.07) is 2.12. The van der Waals surface area contributed by atoms with E-state index in [1.165, 1.54) is 10.4 Å². The quantitative estimate of drug-likeness (QED) is 0.786. The molecule has 1 aromatic heterocycles. The van der Waals surface area contributed by atoms with Crippen LogP contribution in [0.3, 0.4) is 0 Å². The molecule has 1 aromatic rings. The minimum absolute atomic E-state index is 0.186. The maximum absolute atomic E-state index is 8.97. The number of hydrogen-bond donors (Lipinski definition) is 1. The van der Waals surface area contributed by atoms with Crippen molar-refractivity contribution in [3.05, 3.63) is 21.9 Å². The summed E-state index contributed by atoms with van der Waals surface area (Å²) < 4.78 is 5.74. The average Bonchev–Trinajstić information content (AvgIpc) is 2.54. The summed E-state index contributed by atoms with van der Waals surface area (Å²) in [4.78, 5) is 1.42. The molecule has 2 nitrogen and oxygen atoms in total. The van der Waals surface area contributed by atoms with Gasteiger partial charge < -0.3 is 9.84 Å². The predicted octanol–water partition coefficient (Wildman–Crippen LogP) is 1.92. The van der Waals surface area contributed by atoms with Crippen LogP contribution < -0.4 is 0 Å². The highest BCUT2D eigenvalue weighted by Gasteiger charge is 2.33. The third-order valence-corrected chi connectivity index (χ3v) is 3.63. The Hall–Kier alpha value is -0.380. The highest BCUT2D eigenvalue weighted by Crippen LogP contribution is 2.37. The van der Waals surface area contributed by atoms with Crippen molar-refractivity contribution in [3.8, 4) is 0 Å². The Balaban J connectivity index is 2.33. The Morgan fingerprint density at radius 2 is 2.54 bits per heavy atom. The molecule has 13 heavy (non-hydrogen) atoms. The molecule has 0 saturated heterocycles. The predicted molar refractivity (Wildman–Crippen MR) is 53.0 cm³/mol. The number of hydrogen-bond acceptors (Lipinski definition) is 3. The molecule has 3 heteroatoms. The Morgan fingerprint density at radius 1 is 1.69 bits per heavy atom. The molecule has 0 bridgehead atoms. The lowest BCUT2D eigenvalue weighted by molar-refractivity contribution is -0.0595. The molecular formula is C10H14O2S. The maximum Gasteiger partial charge on any atom is 0.0935 e. The van der Waals surface area contributed by atoms with Crippen LogP contribution in [0.15, 0.2) is 11.4 Å². The van der Waals surface area contributed by atoms with Gasteiger partial charge in [0.15, 0.2) is 0 Å². The molecule has 2 rings (SSSR count). The third-order valence-electron chi connectivity index (χ3n) is 2.65. The van der Waals surface area contributed by atoms with E-state index in [1.54, 1.807) is 11.3 Å². The van der Waals surface area contributed by atoms with Crippen molar-refractivity contribution >= 4 is 11.3 Å². The van der Waals surface area contributed by atoms with E-state index in [2.05, 4.69) is 18.4 Å². The van der Waals surface area contributed by atoms with Crippen LogP contribution >= 0.6 is 11.3 Å². The van der Waals surface area contributed by atoms with Gasteiger partial charge in [-0.2, -0.15) is 0 Å². The number of thiophene rings is 1. The number of aliphatic hydroxyl groups is 1. The molecule has 1 N–H and O–H groups in total. The fourth-order valence-electron chi connectivity index (χ4n) is 1.87. The first-order valence-electron chi connectivity index (χ1n) is 4.58. The van der Waals surface area contributed by atoms with Crippen molar-refractivity contribution in [3.63, 3.8) is 0 Å². The monoisotopic (exact) mass is 198 g/mol. The molecule has 0 saturated carbocycles. The summed E-state index contributed by atoms with van der Waals surface area (Å²) in [5, 5.41) is 11.1. The summed E-state index contributed by atoms with van der Waals surface area (Å²) in [7, 11) is 0. The lowest BCUT2D eigenvalue weighted by atomic mass is 9.90. The fraction of sp³-hybridized carbons (Fsp3) is 0.600. The number of aliphatic hydroxyl groups excluding tert-OH is 1. The molecule has 72 valence electrons. The highest BCUT2D eigenvalue weighted by molar-refractivity contribution is 7.10. The van der Waals surface area contributed by atoms with Crippen LogP contribution in [0, 0.1) is 0 Å². The first kappa shape index (κ1) is 9.19. The van der Waals surface area contributed by atoms with Crippen LogP contribution in [0.4, 0.5) is 0 Å². The van der Waals surface area contributed by atoms with Gasteiger partial charge in [0.1, 0.15) is 0 Å². The Kier molecular flexibility index (Phi) is 2.41. The zero-order valence-corrected chi connectivity index (χ0v) is 8.56. The zero-order chi connectivity index (χ0) is 9.31. The lowest BCUT2D eigenvalue weighted by Crippen LogP contribution is -2.32. The second-order valence-corrected chi connectivity index (χ2v) is 4.56. The molecule has 0 fully saturated rings. The Bertz CT molecular complexity index is 295. The van der Waals surface area contributed by atoms with Gasteiger partial charge in [0.25, 0.3) is 0 Å². The van der Waals surface area contributed by atoms with Gasteiger partial charge in [-0.3, -0.25) is 0 Å². The largest absolute Gasteiger partial charge is 0.396 e. The summed E-state index contributed by atoms with van der Waals surface area (Å²) in [6.45, 7) is 3.03. The minimum atomic E-state index is -0.248. The smallest absolute Gasteiger partial charge is 0.0935 e. The maximum atomic E-state index is 8.97. The molecule has 0 amide bonds. The molecule has 0 radical (unpaired) electrons. The minimum Gasteiger partial charge on any atom is -0.396 e. The molecular weight excluding hydrogens is 184 g/mol. The fourth-order valence-corrected chi connectivity index (χ4v) is 2.85. The van der Waals surface area contributed by atoms with E-state index < -0.39 is 0 Å². The van der Waals surface area contributed by atoms with Gasteiger partial charge in [0, 0.05) is 24.3 Å². The zero-order valence-electron chi connectivity index (χ0n) is 7.75. The molecule has 0 unspecified atom stereocenters. The van der Waals surface area contributed by atoms with Gasteiger partial charge >= 0.3 is 0 Å². The average molecular weight is 198 g/mol. The standard InChI is InChI=1S/C10H14O2S/c1-10(4-5-11)8-3-7-13-9(8)2-6-12-10/h3,7,11H,2,4-6H2,1H3/t10-/m1/s1. The number of rotatable bonds is 2. The van der Waals surface area contributed by atoms with Crippen LogP contribution in [-0.4, -0.2) is 18.3 Å². The van der Waals surface area contributed by atoms with E-state index in [1.807, 2.05) is 0 Å². The van der Waals surface area contributed by atoms with Gasteiger partial charge in [0.05, 0.1) is 12.2 Å². The normalized spacial score (nSPS) is 27.2. The van der Waals surface area contributed by atoms with E-state index in [9.17, 15) is 0 Å². The van der Waals surface area contributed by atoms with Crippen LogP contribution in [0.25, 0.3) is 0 Å². The number of ether oxygens (including phenoxy) is 1. The van der Waals surface area contributed by atoms with Gasteiger partial charge in [-0.15, -0.1) is 11.3 Å². The van der Waals surface area contributed by atoms with E-state index in [-0.39, 0.29) is 12.2 Å². The topological polar surface area (TPSA) is 29.5 Å². The van der Waals surface area contributed by atoms with Crippen LogP contribution in [0.5, 0.6) is 0 Å². The molecule has 1 atom stereocenters. The van der Waals surface area contributed by atoms with Crippen molar-refractivity contribution in [1.82, 2.24) is 0 Å². The van der Waals surface area contributed by atoms with Gasteiger partial charge in [0.2, 0.25) is 0 Å². The summed E-state index contributed by atoms with van der Waals surface area (Å²) in [5.41, 5.74) is 1.03. The van der Waals surface area contributed by atoms with Gasteiger partial charge in [-0.05, 0) is 23.9 Å². The molecule has 1 aliphatic rings. The van der Waals surface area contributed by atoms with Crippen LogP contribution in [-0.2, 0) is 16.8 Å². The van der Waals surface area contributed by atoms with E-state index in [0.717, 1.165) is 13.0 Å². The van der Waals surface area contributed by atoms with Crippen molar-refractivity contribution < 1.29 is 9.84 Å². The van der Waals surface area contributed by atoms with E-state index in [4.69, 9.17) is 9.84 Å². The molecule has 0 aliphatic carbocycles. The lowest BCUT2D eigenvalue weighted by Gasteiger charge is -2.33. The second-order valence-electron chi connectivity index (χ2n) is 3.56. The van der Waals surface area contributed by atoms with Gasteiger partial charge in [-0.1, -0.05) is 0 Å². The first-order chi connectivity index (χ1) is 6.26. The summed E-state index contributed by atoms with van der Waals surface area (Å²) >= 11 is 1.79. The van der Waals surface area contributed by atoms with Crippen molar-refractivity contribution in [2.75, 3.05) is 13.2 Å². The summed E-state index contributed by atoms with van der Waals surface area (Å²) in [6.07, 6.45) is 1.71. The SMILES string of the molecule is C[C@]1(CCO)OCCc2sccc21. The highest BCUT2D eigenvalue weighted by atomic mass is 32.1. The van der Waals surface area contributed by atoms with Crippen molar-refractivity contribution in [1.29, 1.82) is 0 Å². The van der Waals surface area contributed by atoms with Crippen molar-refractivity contribution in [2.45, 2.75) is 25.4 Å². The molecule has 0 spiro atoms. The van der Waals surface area contributed by atoms with Crippen molar-refractivity contribution in [2.24, 2.45) is 0 Å². The number of fused-ring (bicyclic) bond motifs is 1.